The minimum atomic E-state index is -1.48. The summed E-state index contributed by atoms with van der Waals surface area (Å²) in [5, 5.41) is 12.0. The molecule has 1 unspecified atom stereocenters. The fraction of sp³-hybridized carbons (Fsp3) is 0.211. The normalized spacial score (nSPS) is 18.7. The van der Waals surface area contributed by atoms with Gasteiger partial charge in [-0.2, -0.15) is 0 Å². The number of carbonyl (C=O) groups excluding carboxylic acids is 1. The molecule has 0 heterocycles. The molecular weight excluding hydrogens is 312 g/mol. The highest BCUT2D eigenvalue weighted by Crippen LogP contribution is 2.41. The first-order valence-electron chi connectivity index (χ1n) is 7.50. The van der Waals surface area contributed by atoms with Crippen molar-refractivity contribution in [2.75, 3.05) is 6.61 Å². The Kier molecular flexibility index (Phi) is 4.24. The second-order valence-electron chi connectivity index (χ2n) is 5.49. The Hall–Kier alpha value is -2.10. The predicted molar refractivity (Wildman–Crippen MR) is 91.1 cm³/mol. The van der Waals surface area contributed by atoms with E-state index in [0.717, 1.165) is 11.1 Å². The van der Waals surface area contributed by atoms with Crippen LogP contribution in [0.4, 0.5) is 0 Å². The highest BCUT2D eigenvalue weighted by Gasteiger charge is 2.39. The Morgan fingerprint density at radius 1 is 1.13 bits per heavy atom. The molecule has 0 saturated heterocycles. The first kappa shape index (κ1) is 15.8. The first-order chi connectivity index (χ1) is 11.0. The lowest BCUT2D eigenvalue weighted by atomic mass is 9.81. The van der Waals surface area contributed by atoms with Crippen molar-refractivity contribution in [2.45, 2.75) is 18.9 Å². The number of hydrogen-bond acceptors (Lipinski definition) is 3. The summed E-state index contributed by atoms with van der Waals surface area (Å²) < 4.78 is 5.06. The summed E-state index contributed by atoms with van der Waals surface area (Å²) in [7, 11) is 0. The number of aliphatic hydroxyl groups is 1. The van der Waals surface area contributed by atoms with Crippen molar-refractivity contribution in [2.24, 2.45) is 0 Å². The van der Waals surface area contributed by atoms with Crippen molar-refractivity contribution in [3.8, 4) is 0 Å². The average Bonchev–Trinajstić information content (AvgIpc) is 2.64. The Morgan fingerprint density at radius 2 is 1.83 bits per heavy atom. The van der Waals surface area contributed by atoms with Gasteiger partial charge < -0.3 is 9.84 Å². The first-order valence-corrected chi connectivity index (χ1v) is 7.88. The summed E-state index contributed by atoms with van der Waals surface area (Å²) in [6.07, 6.45) is 3.70. The van der Waals surface area contributed by atoms with Crippen LogP contribution < -0.4 is 0 Å². The molecule has 0 fully saturated rings. The third-order valence-corrected chi connectivity index (χ3v) is 4.25. The van der Waals surface area contributed by atoms with E-state index in [9.17, 15) is 9.90 Å². The Labute approximate surface area is 140 Å². The van der Waals surface area contributed by atoms with E-state index in [1.54, 1.807) is 19.1 Å². The molecule has 0 saturated carbocycles. The summed E-state index contributed by atoms with van der Waals surface area (Å²) >= 11 is 6.13. The molecule has 1 atom stereocenters. The summed E-state index contributed by atoms with van der Waals surface area (Å²) in [6.45, 7) is 2.02. The SMILES string of the molecule is CCOC(=O)CC1(O)c2ccccc2C=Cc2ccc(Cl)cc21. The zero-order chi connectivity index (χ0) is 16.4. The zero-order valence-electron chi connectivity index (χ0n) is 12.8. The van der Waals surface area contributed by atoms with Crippen molar-refractivity contribution >= 4 is 29.7 Å². The monoisotopic (exact) mass is 328 g/mol. The number of esters is 1. The molecule has 0 spiro atoms. The fourth-order valence-electron chi connectivity index (χ4n) is 2.99. The predicted octanol–water partition coefficient (Wildman–Crippen LogP) is 4.01. The maximum Gasteiger partial charge on any atom is 0.309 e. The molecule has 3 nitrogen and oxygen atoms in total. The second kappa shape index (κ2) is 6.19. The van der Waals surface area contributed by atoms with Crippen molar-refractivity contribution < 1.29 is 14.6 Å². The van der Waals surface area contributed by atoms with E-state index in [4.69, 9.17) is 16.3 Å². The Morgan fingerprint density at radius 3 is 2.57 bits per heavy atom. The number of carbonyl (C=O) groups is 1. The molecule has 2 aromatic rings. The molecule has 0 radical (unpaired) electrons. The third-order valence-electron chi connectivity index (χ3n) is 4.02. The molecular formula is C19H17ClO3. The topological polar surface area (TPSA) is 46.5 Å². The molecule has 0 aliphatic heterocycles. The molecule has 2 aromatic carbocycles. The number of fused-ring (bicyclic) bond motifs is 2. The molecule has 4 heteroatoms. The maximum absolute atomic E-state index is 12.1. The fourth-order valence-corrected chi connectivity index (χ4v) is 3.16. The molecule has 0 bridgehead atoms. The molecule has 0 aromatic heterocycles. The van der Waals surface area contributed by atoms with Gasteiger partial charge in [-0.15, -0.1) is 0 Å². The molecule has 1 aliphatic rings. The maximum atomic E-state index is 12.1. The van der Waals surface area contributed by atoms with Crippen LogP contribution in [0.5, 0.6) is 0 Å². The van der Waals surface area contributed by atoms with E-state index in [2.05, 4.69) is 0 Å². The minimum absolute atomic E-state index is 0.160. The van der Waals surface area contributed by atoms with E-state index in [1.165, 1.54) is 0 Å². The summed E-state index contributed by atoms with van der Waals surface area (Å²) in [5.74, 6) is -0.447. The van der Waals surface area contributed by atoms with Gasteiger partial charge in [-0.3, -0.25) is 4.79 Å². The van der Waals surface area contributed by atoms with Crippen LogP contribution in [0, 0.1) is 0 Å². The van der Waals surface area contributed by atoms with Crippen LogP contribution in [0.25, 0.3) is 12.2 Å². The van der Waals surface area contributed by atoms with Crippen LogP contribution in [-0.4, -0.2) is 17.7 Å². The summed E-state index contributed by atoms with van der Waals surface area (Å²) in [6, 6.07) is 12.8. The van der Waals surface area contributed by atoms with Gasteiger partial charge in [-0.25, -0.2) is 0 Å². The van der Waals surface area contributed by atoms with Crippen LogP contribution in [0.1, 0.15) is 35.6 Å². The number of benzene rings is 2. The standard InChI is InChI=1S/C19H17ClO3/c1-2-23-18(21)12-19(22)16-6-4-3-5-13(16)7-8-14-9-10-15(20)11-17(14)19/h3-11,22H,2,12H2,1H3. The molecule has 1 aliphatic carbocycles. The molecule has 118 valence electrons. The van der Waals surface area contributed by atoms with Crippen LogP contribution in [-0.2, 0) is 15.1 Å². The minimum Gasteiger partial charge on any atom is -0.466 e. The van der Waals surface area contributed by atoms with Gasteiger partial charge in [0.15, 0.2) is 0 Å². The lowest BCUT2D eigenvalue weighted by Crippen LogP contribution is -2.32. The number of hydrogen-bond donors (Lipinski definition) is 1. The summed E-state index contributed by atoms with van der Waals surface area (Å²) in [5.41, 5.74) is 1.50. The van der Waals surface area contributed by atoms with Gasteiger partial charge in [0, 0.05) is 5.02 Å². The van der Waals surface area contributed by atoms with Gasteiger partial charge >= 0.3 is 5.97 Å². The third kappa shape index (κ3) is 2.90. The van der Waals surface area contributed by atoms with E-state index in [-0.39, 0.29) is 13.0 Å². The largest absolute Gasteiger partial charge is 0.466 e. The van der Waals surface area contributed by atoms with Gasteiger partial charge in [-0.1, -0.05) is 54.1 Å². The Bertz CT molecular complexity index is 782. The smallest absolute Gasteiger partial charge is 0.309 e. The van der Waals surface area contributed by atoms with Gasteiger partial charge in [-0.05, 0) is 41.3 Å². The van der Waals surface area contributed by atoms with Crippen molar-refractivity contribution in [3.05, 3.63) is 69.7 Å². The van der Waals surface area contributed by atoms with E-state index < -0.39 is 11.6 Å². The zero-order valence-corrected chi connectivity index (χ0v) is 13.5. The van der Waals surface area contributed by atoms with Gasteiger partial charge in [0.2, 0.25) is 0 Å². The van der Waals surface area contributed by atoms with E-state index >= 15 is 0 Å². The highest BCUT2D eigenvalue weighted by atomic mass is 35.5. The summed E-state index contributed by atoms with van der Waals surface area (Å²) in [4.78, 5) is 12.1. The van der Waals surface area contributed by atoms with E-state index in [0.29, 0.717) is 16.1 Å². The average molecular weight is 329 g/mol. The molecule has 23 heavy (non-hydrogen) atoms. The van der Waals surface area contributed by atoms with Crippen LogP contribution in [0.2, 0.25) is 5.02 Å². The van der Waals surface area contributed by atoms with Gasteiger partial charge in [0.25, 0.3) is 0 Å². The van der Waals surface area contributed by atoms with E-state index in [1.807, 2.05) is 42.5 Å². The van der Waals surface area contributed by atoms with Crippen LogP contribution in [0.3, 0.4) is 0 Å². The van der Waals surface area contributed by atoms with Crippen molar-refractivity contribution in [1.29, 1.82) is 0 Å². The molecule has 1 N–H and O–H groups in total. The number of rotatable bonds is 3. The second-order valence-corrected chi connectivity index (χ2v) is 5.93. The van der Waals surface area contributed by atoms with Crippen molar-refractivity contribution in [1.82, 2.24) is 0 Å². The lowest BCUT2D eigenvalue weighted by Gasteiger charge is -2.30. The molecule has 3 rings (SSSR count). The lowest BCUT2D eigenvalue weighted by molar-refractivity contribution is -0.147. The number of ether oxygens (including phenoxy) is 1. The molecule has 0 amide bonds. The van der Waals surface area contributed by atoms with Crippen LogP contribution in [0.15, 0.2) is 42.5 Å². The van der Waals surface area contributed by atoms with Crippen LogP contribution >= 0.6 is 11.6 Å². The number of halogens is 1. The van der Waals surface area contributed by atoms with Gasteiger partial charge in [0.1, 0.15) is 5.60 Å². The quantitative estimate of drug-likeness (QED) is 0.866. The Balaban J connectivity index is 2.21. The highest BCUT2D eigenvalue weighted by molar-refractivity contribution is 6.30. The van der Waals surface area contributed by atoms with Gasteiger partial charge in [0.05, 0.1) is 13.0 Å². The van der Waals surface area contributed by atoms with Crippen molar-refractivity contribution in [3.63, 3.8) is 0 Å².